The number of nitrogens with one attached hydrogen (secondary N) is 1. The molecule has 2 aromatic carbocycles. The largest absolute Gasteiger partial charge is 0.497 e. The summed E-state index contributed by atoms with van der Waals surface area (Å²) >= 11 is 0. The van der Waals surface area contributed by atoms with E-state index < -0.39 is 0 Å². The van der Waals surface area contributed by atoms with Crippen molar-refractivity contribution in [2.75, 3.05) is 61.6 Å². The highest BCUT2D eigenvalue weighted by Gasteiger charge is 2.33. The third-order valence-electron chi connectivity index (χ3n) is 8.22. The van der Waals surface area contributed by atoms with E-state index in [0.29, 0.717) is 24.6 Å². The van der Waals surface area contributed by atoms with Crippen LogP contribution in [0.4, 0.5) is 22.0 Å². The number of anilines is 3. The molecule has 0 saturated carbocycles. The number of aromatic nitrogens is 3. The normalized spacial score (nSPS) is 15.3. The summed E-state index contributed by atoms with van der Waals surface area (Å²) in [5, 5.41) is 3.53. The number of aryl methyl sites for hydroxylation is 1. The average molecular weight is 581 g/mol. The van der Waals surface area contributed by atoms with Crippen molar-refractivity contribution in [2.45, 2.75) is 26.9 Å². The van der Waals surface area contributed by atoms with Crippen LogP contribution < -0.4 is 24.8 Å². The van der Waals surface area contributed by atoms with Crippen LogP contribution in [0.2, 0.25) is 0 Å². The molecular formula is C32H36N8O3. The molecule has 222 valence electrons. The molecule has 1 N–H and O–H groups in total. The van der Waals surface area contributed by atoms with Gasteiger partial charge in [-0.2, -0.15) is 0 Å². The Kier molecular flexibility index (Phi) is 7.81. The highest BCUT2D eigenvalue weighted by Crippen LogP contribution is 2.40. The van der Waals surface area contributed by atoms with Crippen molar-refractivity contribution in [1.29, 1.82) is 0 Å². The van der Waals surface area contributed by atoms with Gasteiger partial charge in [0.1, 0.15) is 23.6 Å². The minimum Gasteiger partial charge on any atom is -0.497 e. The molecule has 6 rings (SSSR count). The Bertz CT molecular complexity index is 1670. The predicted molar refractivity (Wildman–Crippen MR) is 167 cm³/mol. The summed E-state index contributed by atoms with van der Waals surface area (Å²) in [6.45, 7) is 9.04. The van der Waals surface area contributed by atoms with Crippen LogP contribution in [0.25, 0.3) is 10.9 Å². The number of hydrogen-bond acceptors (Lipinski definition) is 8. The van der Waals surface area contributed by atoms with Crippen molar-refractivity contribution in [1.82, 2.24) is 25.2 Å². The van der Waals surface area contributed by atoms with Crippen LogP contribution in [0.3, 0.4) is 0 Å². The Balaban J connectivity index is 1.24. The van der Waals surface area contributed by atoms with Crippen LogP contribution in [-0.4, -0.2) is 78.7 Å². The molecule has 0 aliphatic carbocycles. The number of pyridine rings is 1. The third kappa shape index (κ3) is 5.43. The van der Waals surface area contributed by atoms with Gasteiger partial charge < -0.3 is 15.0 Å². The molecule has 1 fully saturated rings. The molecule has 0 spiro atoms. The summed E-state index contributed by atoms with van der Waals surface area (Å²) in [6, 6.07) is 15.7. The van der Waals surface area contributed by atoms with Gasteiger partial charge in [0.15, 0.2) is 0 Å². The molecule has 2 aromatic heterocycles. The Morgan fingerprint density at radius 3 is 2.37 bits per heavy atom. The number of carbonyl (C=O) groups is 2. The standard InChI is InChI=1S/C32H36N8O3/c1-5-39-30-29-26(34-20-35-30)16-23(17-28(29)40(32(39)42)19-22-6-8-24(43-4)9-7-22)18-37-12-14-38(15-13-37)27-11-10-25(31(41)33-3)36-21(27)2/h6-11,16-17,20H,5,12-15,18-19H2,1-4H3,(H,33,41). The van der Waals surface area contributed by atoms with Crippen LogP contribution in [-0.2, 0) is 13.1 Å². The lowest BCUT2D eigenvalue weighted by Crippen LogP contribution is -2.47. The van der Waals surface area contributed by atoms with E-state index in [-0.39, 0.29) is 11.9 Å². The predicted octanol–water partition coefficient (Wildman–Crippen LogP) is 3.99. The first-order chi connectivity index (χ1) is 20.9. The van der Waals surface area contributed by atoms with Gasteiger partial charge in [-0.3, -0.25) is 19.5 Å². The van der Waals surface area contributed by atoms with Gasteiger partial charge in [0.25, 0.3) is 5.91 Å². The molecule has 11 nitrogen and oxygen atoms in total. The quantitative estimate of drug-likeness (QED) is 0.334. The number of rotatable bonds is 8. The molecule has 1 saturated heterocycles. The molecule has 2 aliphatic heterocycles. The van der Waals surface area contributed by atoms with Crippen LogP contribution in [0, 0.1) is 6.92 Å². The first-order valence-corrected chi connectivity index (χ1v) is 14.6. The SMILES string of the molecule is CCN1C(=O)N(Cc2ccc(OC)cc2)c2cc(CN3CCN(c4ccc(C(=O)NC)nc4C)CC3)cc3ncnc1c23. The number of urea groups is 1. The van der Waals surface area contributed by atoms with Crippen molar-refractivity contribution in [3.63, 3.8) is 0 Å². The molecule has 4 heterocycles. The Morgan fingerprint density at radius 2 is 1.70 bits per heavy atom. The smallest absolute Gasteiger partial charge is 0.330 e. The summed E-state index contributed by atoms with van der Waals surface area (Å²) in [4.78, 5) is 47.7. The van der Waals surface area contributed by atoms with E-state index in [1.807, 2.05) is 49.1 Å². The highest BCUT2D eigenvalue weighted by atomic mass is 16.5. The topological polar surface area (TPSA) is 107 Å². The zero-order valence-corrected chi connectivity index (χ0v) is 25.0. The van der Waals surface area contributed by atoms with Gasteiger partial charge in [-0.15, -0.1) is 0 Å². The first kappa shape index (κ1) is 28.4. The monoisotopic (exact) mass is 580 g/mol. The fourth-order valence-electron chi connectivity index (χ4n) is 5.96. The van der Waals surface area contributed by atoms with E-state index in [1.165, 1.54) is 0 Å². The number of hydrogen-bond donors (Lipinski definition) is 1. The maximum atomic E-state index is 13.8. The van der Waals surface area contributed by atoms with Crippen molar-refractivity contribution in [3.8, 4) is 5.75 Å². The molecule has 2 aliphatic rings. The van der Waals surface area contributed by atoms with Gasteiger partial charge in [0.2, 0.25) is 0 Å². The van der Waals surface area contributed by atoms with Crippen LogP contribution in [0.15, 0.2) is 54.9 Å². The lowest BCUT2D eigenvalue weighted by Gasteiger charge is -2.37. The van der Waals surface area contributed by atoms with Crippen LogP contribution in [0.5, 0.6) is 5.75 Å². The van der Waals surface area contributed by atoms with Gasteiger partial charge in [0, 0.05) is 46.3 Å². The Labute approximate surface area is 251 Å². The first-order valence-electron chi connectivity index (χ1n) is 14.6. The fourth-order valence-corrected chi connectivity index (χ4v) is 5.96. The number of benzene rings is 2. The van der Waals surface area contributed by atoms with Gasteiger partial charge in [-0.1, -0.05) is 12.1 Å². The number of carbonyl (C=O) groups excluding carboxylic acids is 2. The average Bonchev–Trinajstić information content (AvgIpc) is 3.03. The molecule has 0 bridgehead atoms. The maximum absolute atomic E-state index is 13.8. The summed E-state index contributed by atoms with van der Waals surface area (Å²) in [5.74, 6) is 1.25. The zero-order chi connectivity index (χ0) is 30.1. The van der Waals surface area contributed by atoms with Crippen molar-refractivity contribution in [2.24, 2.45) is 0 Å². The number of nitrogens with zero attached hydrogens (tertiary/aromatic N) is 7. The van der Waals surface area contributed by atoms with Crippen molar-refractivity contribution < 1.29 is 14.3 Å². The molecule has 43 heavy (non-hydrogen) atoms. The molecule has 0 radical (unpaired) electrons. The second-order valence-corrected chi connectivity index (χ2v) is 10.8. The molecular weight excluding hydrogens is 544 g/mol. The van der Waals surface area contributed by atoms with E-state index in [4.69, 9.17) is 4.74 Å². The van der Waals surface area contributed by atoms with E-state index in [9.17, 15) is 9.59 Å². The molecule has 4 aromatic rings. The van der Waals surface area contributed by atoms with Crippen LogP contribution >= 0.6 is 0 Å². The molecule has 3 amide bonds. The minimum absolute atomic E-state index is 0.0944. The number of ether oxygens (including phenoxy) is 1. The second-order valence-electron chi connectivity index (χ2n) is 10.8. The number of amides is 3. The second kappa shape index (κ2) is 11.8. The van der Waals surface area contributed by atoms with Gasteiger partial charge in [-0.05, 0) is 61.4 Å². The van der Waals surface area contributed by atoms with E-state index in [0.717, 1.165) is 77.6 Å². The zero-order valence-electron chi connectivity index (χ0n) is 25.0. The van der Waals surface area contributed by atoms with Gasteiger partial charge in [-0.25, -0.2) is 19.7 Å². The van der Waals surface area contributed by atoms with Crippen LogP contribution in [0.1, 0.15) is 34.2 Å². The summed E-state index contributed by atoms with van der Waals surface area (Å²) in [7, 11) is 3.25. The lowest BCUT2D eigenvalue weighted by molar-refractivity contribution is 0.0958. The van der Waals surface area contributed by atoms with Gasteiger partial charge >= 0.3 is 6.03 Å². The summed E-state index contributed by atoms with van der Waals surface area (Å²) in [6.07, 6.45) is 1.55. The van der Waals surface area contributed by atoms with Crippen molar-refractivity contribution in [3.05, 3.63) is 77.4 Å². The van der Waals surface area contributed by atoms with Gasteiger partial charge in [0.05, 0.1) is 41.6 Å². The Hall–Kier alpha value is -4.77. The third-order valence-corrected chi connectivity index (χ3v) is 8.22. The van der Waals surface area contributed by atoms with E-state index >= 15 is 0 Å². The number of methoxy groups -OCH3 is 1. The van der Waals surface area contributed by atoms with E-state index in [2.05, 4.69) is 42.2 Å². The fraction of sp³-hybridized carbons (Fsp3) is 0.344. The minimum atomic E-state index is -0.182. The Morgan fingerprint density at radius 1 is 0.930 bits per heavy atom. The van der Waals surface area contributed by atoms with E-state index in [1.54, 1.807) is 31.5 Å². The van der Waals surface area contributed by atoms with Crippen molar-refractivity contribution >= 4 is 40.0 Å². The molecule has 11 heteroatoms. The maximum Gasteiger partial charge on any atom is 0.330 e. The summed E-state index contributed by atoms with van der Waals surface area (Å²) in [5.41, 5.74) is 6.11. The molecule has 0 atom stereocenters. The number of piperazine rings is 1. The molecule has 0 unspecified atom stereocenters. The highest BCUT2D eigenvalue weighted by molar-refractivity contribution is 6.18. The summed E-state index contributed by atoms with van der Waals surface area (Å²) < 4.78 is 5.32. The lowest BCUT2D eigenvalue weighted by atomic mass is 10.0.